The van der Waals surface area contributed by atoms with Crippen molar-refractivity contribution >= 4 is 10.4 Å². The number of hydrogen-bond donors (Lipinski definition) is 2. The molecule has 11 heteroatoms. The van der Waals surface area contributed by atoms with Crippen LogP contribution in [0.25, 0.3) is 0 Å². The molecule has 2 rings (SSSR count). The highest BCUT2D eigenvalue weighted by molar-refractivity contribution is 7.82. The lowest BCUT2D eigenvalue weighted by molar-refractivity contribution is -0.0404. The number of nitrogens with zero attached hydrogens (tertiary/aromatic N) is 2. The Balaban J connectivity index is 2.30. The van der Waals surface area contributed by atoms with Crippen molar-refractivity contribution in [2.24, 2.45) is 4.36 Å². The Morgan fingerprint density at radius 2 is 2.38 bits per heavy atom. The topological polar surface area (TPSA) is 123 Å². The number of nitrogens with one attached hydrogen (secondary N) is 1. The summed E-state index contributed by atoms with van der Waals surface area (Å²) in [5.74, 6) is 2.24. The number of terminal acetylenes is 1. The van der Waals surface area contributed by atoms with E-state index in [1.54, 1.807) is 0 Å². The molecule has 0 saturated carbocycles. The molecule has 1 saturated heterocycles. The molecule has 0 radical (unpaired) electrons. The largest absolute Gasteiger partial charge is 0.366 e. The van der Waals surface area contributed by atoms with Crippen molar-refractivity contribution in [1.29, 1.82) is 0 Å². The summed E-state index contributed by atoms with van der Waals surface area (Å²) in [6.07, 6.45) is 4.53. The number of aromatic amines is 1. The highest BCUT2D eigenvalue weighted by Crippen LogP contribution is 2.31. The summed E-state index contributed by atoms with van der Waals surface area (Å²) in [6.45, 7) is 1.38. The third-order valence-corrected chi connectivity index (χ3v) is 3.92. The van der Waals surface area contributed by atoms with E-state index in [0.29, 0.717) is 0 Å². The van der Waals surface area contributed by atoms with Crippen LogP contribution in [0.1, 0.15) is 18.2 Å². The average Bonchev–Trinajstić information content (AvgIpc) is 2.84. The lowest BCUT2D eigenvalue weighted by Crippen LogP contribution is -2.33. The van der Waals surface area contributed by atoms with E-state index >= 15 is 0 Å². The number of H-pyrrole nitrogens is 1. The lowest BCUT2D eigenvalue weighted by atomic mass is 10.1. The first-order valence-corrected chi connectivity index (χ1v) is 8.25. The van der Waals surface area contributed by atoms with Gasteiger partial charge in [0, 0.05) is 18.2 Å². The van der Waals surface area contributed by atoms with Crippen molar-refractivity contribution in [2.45, 2.75) is 31.7 Å². The van der Waals surface area contributed by atoms with E-state index in [9.17, 15) is 17.7 Å². The van der Waals surface area contributed by atoms with E-state index in [-0.39, 0.29) is 25.2 Å². The monoisotopic (exact) mass is 361 g/mol. The molecule has 0 aliphatic carbocycles. The van der Waals surface area contributed by atoms with Crippen molar-refractivity contribution < 1.29 is 22.1 Å². The quantitative estimate of drug-likeness (QED) is 0.431. The molecule has 1 fully saturated rings. The van der Waals surface area contributed by atoms with Gasteiger partial charge >= 0.3 is 16.1 Å². The highest BCUT2D eigenvalue weighted by atomic mass is 32.3. The van der Waals surface area contributed by atoms with E-state index in [4.69, 9.17) is 20.4 Å². The predicted octanol–water partition coefficient (Wildman–Crippen LogP) is -0.0236. The van der Waals surface area contributed by atoms with Gasteiger partial charge in [-0.15, -0.1) is 6.42 Å². The molecule has 1 aliphatic heterocycles. The maximum atomic E-state index is 13.0. The number of rotatable bonds is 5. The van der Waals surface area contributed by atoms with E-state index in [1.165, 1.54) is 13.1 Å². The first kappa shape index (κ1) is 18.3. The first-order valence-electron chi connectivity index (χ1n) is 6.88. The summed E-state index contributed by atoms with van der Waals surface area (Å²) in [4.78, 5) is 25.4. The molecule has 1 aromatic heterocycles. The third kappa shape index (κ3) is 4.51. The van der Waals surface area contributed by atoms with E-state index in [2.05, 4.69) is 15.3 Å². The molecule has 0 amide bonds. The fourth-order valence-corrected chi connectivity index (χ4v) is 2.90. The van der Waals surface area contributed by atoms with Crippen molar-refractivity contribution in [2.75, 3.05) is 13.2 Å². The van der Waals surface area contributed by atoms with Crippen LogP contribution in [0.4, 0.5) is 3.89 Å². The van der Waals surface area contributed by atoms with Gasteiger partial charge in [0.2, 0.25) is 0 Å². The van der Waals surface area contributed by atoms with Crippen LogP contribution in [-0.2, 0) is 19.9 Å². The van der Waals surface area contributed by atoms with Gasteiger partial charge in [0.25, 0.3) is 5.56 Å². The zero-order chi connectivity index (χ0) is 17.9. The third-order valence-electron chi connectivity index (χ3n) is 3.39. The summed E-state index contributed by atoms with van der Waals surface area (Å²) in [7, 11) is -4.85. The van der Waals surface area contributed by atoms with Gasteiger partial charge in [0.15, 0.2) is 0 Å². The SMILES string of the molecule is C#CCOC[C@H]1O[C@@H](n2cc(C)c(=O)[nH]c2=O)C[C@@H]1N=S(=O)(O)F. The smallest absolute Gasteiger partial charge is 0.330 e. The molecule has 9 nitrogen and oxygen atoms in total. The molecule has 1 aliphatic rings. The van der Waals surface area contributed by atoms with Crippen molar-refractivity contribution in [3.63, 3.8) is 0 Å². The fraction of sp³-hybridized carbons (Fsp3) is 0.538. The minimum atomic E-state index is -4.85. The Labute approximate surface area is 137 Å². The van der Waals surface area contributed by atoms with Gasteiger partial charge in [-0.2, -0.15) is 8.57 Å². The summed E-state index contributed by atoms with van der Waals surface area (Å²) in [6, 6.07) is -1.02. The molecular formula is C13H16FN3O6S. The van der Waals surface area contributed by atoms with Crippen LogP contribution in [0.5, 0.6) is 0 Å². The van der Waals surface area contributed by atoms with E-state index in [1.807, 2.05) is 0 Å². The van der Waals surface area contributed by atoms with Crippen LogP contribution in [-0.4, -0.2) is 43.7 Å². The van der Waals surface area contributed by atoms with Gasteiger partial charge in [-0.3, -0.25) is 18.9 Å². The summed E-state index contributed by atoms with van der Waals surface area (Å²) in [5, 5.41) is 0. The second-order valence-electron chi connectivity index (χ2n) is 5.17. The molecular weight excluding hydrogens is 345 g/mol. The first-order chi connectivity index (χ1) is 11.2. The normalized spacial score (nSPS) is 25.8. The summed E-state index contributed by atoms with van der Waals surface area (Å²) >= 11 is 0. The minimum absolute atomic E-state index is 0.0287. The molecule has 2 N–H and O–H groups in total. The van der Waals surface area contributed by atoms with Crippen LogP contribution >= 0.6 is 0 Å². The molecule has 1 unspecified atom stereocenters. The Hall–Kier alpha value is -2.00. The number of aryl methyl sites for hydroxylation is 1. The maximum absolute atomic E-state index is 13.0. The van der Waals surface area contributed by atoms with Crippen molar-refractivity contribution in [3.8, 4) is 12.3 Å². The second kappa shape index (κ2) is 7.27. The van der Waals surface area contributed by atoms with Crippen LogP contribution in [0.15, 0.2) is 20.1 Å². The zero-order valence-corrected chi connectivity index (χ0v) is 13.5. The van der Waals surface area contributed by atoms with Gasteiger partial charge < -0.3 is 9.47 Å². The molecule has 1 aromatic rings. The number of halogens is 1. The van der Waals surface area contributed by atoms with Crippen LogP contribution in [0.2, 0.25) is 0 Å². The average molecular weight is 361 g/mol. The highest BCUT2D eigenvalue weighted by Gasteiger charge is 2.38. The van der Waals surface area contributed by atoms with E-state index in [0.717, 1.165) is 4.57 Å². The Bertz CT molecular complexity index is 871. The Morgan fingerprint density at radius 1 is 1.67 bits per heavy atom. The van der Waals surface area contributed by atoms with Gasteiger partial charge in [-0.1, -0.05) is 9.81 Å². The summed E-state index contributed by atoms with van der Waals surface area (Å²) < 4.78 is 47.7. The van der Waals surface area contributed by atoms with Crippen LogP contribution in [0.3, 0.4) is 0 Å². The number of aromatic nitrogens is 2. The van der Waals surface area contributed by atoms with Gasteiger partial charge in [0.05, 0.1) is 12.6 Å². The lowest BCUT2D eigenvalue weighted by Gasteiger charge is -2.16. The molecule has 0 bridgehead atoms. The fourth-order valence-electron chi connectivity index (χ4n) is 2.35. The Morgan fingerprint density at radius 3 is 3.00 bits per heavy atom. The zero-order valence-electron chi connectivity index (χ0n) is 12.7. The minimum Gasteiger partial charge on any atom is -0.366 e. The van der Waals surface area contributed by atoms with E-state index < -0.39 is 40.0 Å². The number of ether oxygens (including phenoxy) is 2. The molecule has 0 aromatic carbocycles. The molecule has 4 atom stereocenters. The second-order valence-corrected chi connectivity index (χ2v) is 6.24. The van der Waals surface area contributed by atoms with Crippen molar-refractivity contribution in [1.82, 2.24) is 9.55 Å². The molecule has 0 spiro atoms. The van der Waals surface area contributed by atoms with Gasteiger partial charge in [-0.25, -0.2) is 4.79 Å². The standard InChI is InChI=1S/C13H16FN3O6S/c1-3-4-22-7-10-9(16-24(14,20)21)5-11(23-10)17-6-8(2)12(18)15-13(17)19/h1,6,9-11H,4-5,7H2,2H3,(H,15,18,19)(H,16,20,21)/t9-,10+,11+/m0/s1. The van der Waals surface area contributed by atoms with Gasteiger partial charge in [-0.05, 0) is 6.92 Å². The Kier molecular flexibility index (Phi) is 5.55. The van der Waals surface area contributed by atoms with Gasteiger partial charge in [0.1, 0.15) is 18.9 Å². The van der Waals surface area contributed by atoms with Crippen molar-refractivity contribution in [3.05, 3.63) is 32.6 Å². The maximum Gasteiger partial charge on any atom is 0.330 e. The molecule has 2 heterocycles. The number of hydrogen-bond acceptors (Lipinski definition) is 6. The summed E-state index contributed by atoms with van der Waals surface area (Å²) in [5.41, 5.74) is -0.980. The molecule has 24 heavy (non-hydrogen) atoms. The predicted molar refractivity (Wildman–Crippen MR) is 82.3 cm³/mol. The van der Waals surface area contributed by atoms with Crippen LogP contribution in [0, 0.1) is 19.3 Å². The van der Waals surface area contributed by atoms with Crippen LogP contribution < -0.4 is 11.2 Å². The molecule has 132 valence electrons.